The van der Waals surface area contributed by atoms with Crippen LogP contribution in [-0.4, -0.2) is 29.8 Å². The molecule has 0 aliphatic carbocycles. The molecular formula is C15H17BrN2O2. The summed E-state index contributed by atoms with van der Waals surface area (Å²) in [6.45, 7) is 1.58. The number of amides is 2. The molecule has 20 heavy (non-hydrogen) atoms. The van der Waals surface area contributed by atoms with Crippen molar-refractivity contribution in [2.24, 2.45) is 0 Å². The zero-order valence-corrected chi connectivity index (χ0v) is 12.7. The minimum absolute atomic E-state index is 0.0874. The monoisotopic (exact) mass is 336 g/mol. The van der Waals surface area contributed by atoms with Crippen molar-refractivity contribution in [1.29, 1.82) is 0 Å². The van der Waals surface area contributed by atoms with Crippen molar-refractivity contribution in [3.63, 3.8) is 0 Å². The highest BCUT2D eigenvalue weighted by molar-refractivity contribution is 9.10. The van der Waals surface area contributed by atoms with Gasteiger partial charge in [0.25, 0.3) is 0 Å². The lowest BCUT2D eigenvalue weighted by atomic mass is 10.1. The molecule has 1 aliphatic rings. The van der Waals surface area contributed by atoms with Gasteiger partial charge in [-0.15, -0.1) is 0 Å². The summed E-state index contributed by atoms with van der Waals surface area (Å²) in [7, 11) is 0. The Morgan fingerprint density at radius 1 is 1.05 bits per heavy atom. The summed E-state index contributed by atoms with van der Waals surface area (Å²) in [6.07, 6.45) is 5.91. The number of halogens is 1. The van der Waals surface area contributed by atoms with Crippen LogP contribution < -0.4 is 5.32 Å². The van der Waals surface area contributed by atoms with Gasteiger partial charge in [-0.05, 0) is 43.5 Å². The molecule has 0 unspecified atom stereocenters. The molecule has 106 valence electrons. The molecule has 4 nitrogen and oxygen atoms in total. The number of rotatable bonds is 3. The molecule has 2 rings (SSSR count). The van der Waals surface area contributed by atoms with E-state index in [1.807, 2.05) is 12.1 Å². The Labute approximate surface area is 127 Å². The van der Waals surface area contributed by atoms with E-state index in [2.05, 4.69) is 21.2 Å². The van der Waals surface area contributed by atoms with E-state index in [1.54, 1.807) is 17.0 Å². The Hall–Kier alpha value is -1.62. The van der Waals surface area contributed by atoms with E-state index in [0.717, 1.165) is 30.4 Å². The maximum Gasteiger partial charge on any atom is 0.248 e. The van der Waals surface area contributed by atoms with Crippen molar-refractivity contribution in [3.05, 3.63) is 40.9 Å². The summed E-state index contributed by atoms with van der Waals surface area (Å²) in [4.78, 5) is 25.3. The molecule has 0 atom stereocenters. The first-order valence-electron chi connectivity index (χ1n) is 6.69. The number of carbonyl (C=O) groups is 2. The second-order valence-electron chi connectivity index (χ2n) is 4.72. The number of benzene rings is 1. The molecule has 0 aromatic heterocycles. The van der Waals surface area contributed by atoms with Gasteiger partial charge < -0.3 is 10.2 Å². The number of carbonyl (C=O) groups excluding carboxylic acids is 2. The number of nitrogens with zero attached hydrogens (tertiary/aromatic N) is 1. The van der Waals surface area contributed by atoms with Crippen molar-refractivity contribution in [2.45, 2.75) is 19.3 Å². The molecule has 1 saturated heterocycles. The van der Waals surface area contributed by atoms with Crippen LogP contribution in [0.3, 0.4) is 0 Å². The Morgan fingerprint density at radius 2 is 1.70 bits per heavy atom. The quantitative estimate of drug-likeness (QED) is 0.862. The van der Waals surface area contributed by atoms with Crippen LogP contribution in [-0.2, 0) is 9.59 Å². The molecular weight excluding hydrogens is 320 g/mol. The first-order valence-corrected chi connectivity index (χ1v) is 7.48. The Morgan fingerprint density at radius 3 is 2.35 bits per heavy atom. The van der Waals surface area contributed by atoms with Crippen molar-refractivity contribution in [3.8, 4) is 0 Å². The predicted molar refractivity (Wildman–Crippen MR) is 82.3 cm³/mol. The highest BCUT2D eigenvalue weighted by atomic mass is 79.9. The van der Waals surface area contributed by atoms with E-state index in [4.69, 9.17) is 0 Å². The molecule has 1 heterocycles. The summed E-state index contributed by atoms with van der Waals surface area (Å²) in [5.41, 5.74) is 0.702. The number of anilines is 1. The molecule has 0 radical (unpaired) electrons. The fraction of sp³-hybridized carbons (Fsp3) is 0.333. The normalized spacial score (nSPS) is 15.3. The van der Waals surface area contributed by atoms with Crippen LogP contribution in [0.15, 0.2) is 40.9 Å². The minimum Gasteiger partial charge on any atom is -0.339 e. The largest absolute Gasteiger partial charge is 0.339 e. The average Bonchev–Trinajstić information content (AvgIpc) is 2.48. The van der Waals surface area contributed by atoms with Gasteiger partial charge in [0.1, 0.15) is 0 Å². The topological polar surface area (TPSA) is 49.4 Å². The molecule has 1 N–H and O–H groups in total. The lowest BCUT2D eigenvalue weighted by molar-refractivity contribution is -0.127. The summed E-state index contributed by atoms with van der Waals surface area (Å²) < 4.78 is 0.950. The lowest BCUT2D eigenvalue weighted by Crippen LogP contribution is -2.34. The Bertz CT molecular complexity index is 505. The lowest BCUT2D eigenvalue weighted by Gasteiger charge is -2.25. The fourth-order valence-electron chi connectivity index (χ4n) is 2.08. The molecule has 1 aromatic carbocycles. The fourth-order valence-corrected chi connectivity index (χ4v) is 2.35. The van der Waals surface area contributed by atoms with E-state index in [1.165, 1.54) is 18.6 Å². The van der Waals surface area contributed by atoms with E-state index < -0.39 is 0 Å². The maximum absolute atomic E-state index is 11.9. The smallest absolute Gasteiger partial charge is 0.248 e. The second kappa shape index (κ2) is 7.24. The second-order valence-corrected chi connectivity index (χ2v) is 5.63. The van der Waals surface area contributed by atoms with Gasteiger partial charge in [-0.25, -0.2) is 0 Å². The first kappa shape index (κ1) is 14.8. The zero-order chi connectivity index (χ0) is 14.4. The van der Waals surface area contributed by atoms with Gasteiger partial charge >= 0.3 is 0 Å². The van der Waals surface area contributed by atoms with Gasteiger partial charge in [-0.1, -0.05) is 15.9 Å². The molecule has 0 saturated carbocycles. The van der Waals surface area contributed by atoms with Crippen LogP contribution in [0.1, 0.15) is 19.3 Å². The molecule has 0 bridgehead atoms. The third kappa shape index (κ3) is 4.49. The molecule has 1 aromatic rings. The SMILES string of the molecule is O=C(C=CC(=O)N1CCCCC1)Nc1ccc(Br)cc1. The van der Waals surface area contributed by atoms with Crippen LogP contribution in [0.25, 0.3) is 0 Å². The number of likely N-dealkylation sites (tertiary alicyclic amines) is 1. The van der Waals surface area contributed by atoms with Gasteiger partial charge in [-0.3, -0.25) is 9.59 Å². The van der Waals surface area contributed by atoms with E-state index in [9.17, 15) is 9.59 Å². The molecule has 1 fully saturated rings. The van der Waals surface area contributed by atoms with Crippen LogP contribution in [0.4, 0.5) is 5.69 Å². The van der Waals surface area contributed by atoms with E-state index in [0.29, 0.717) is 5.69 Å². The zero-order valence-electron chi connectivity index (χ0n) is 11.1. The van der Waals surface area contributed by atoms with Crippen LogP contribution in [0, 0.1) is 0 Å². The predicted octanol–water partition coefficient (Wildman–Crippen LogP) is 2.96. The highest BCUT2D eigenvalue weighted by Gasteiger charge is 2.13. The summed E-state index contributed by atoms with van der Waals surface area (Å²) in [5.74, 6) is -0.381. The third-order valence-electron chi connectivity index (χ3n) is 3.16. The summed E-state index contributed by atoms with van der Waals surface area (Å²) >= 11 is 3.33. The van der Waals surface area contributed by atoms with Crippen molar-refractivity contribution < 1.29 is 9.59 Å². The highest BCUT2D eigenvalue weighted by Crippen LogP contribution is 2.14. The number of hydrogen-bond acceptors (Lipinski definition) is 2. The minimum atomic E-state index is -0.294. The van der Waals surface area contributed by atoms with Crippen molar-refractivity contribution in [2.75, 3.05) is 18.4 Å². The Balaban J connectivity index is 1.85. The van der Waals surface area contributed by atoms with Crippen molar-refractivity contribution in [1.82, 2.24) is 4.90 Å². The molecule has 0 spiro atoms. The van der Waals surface area contributed by atoms with Gasteiger partial charge in [0.15, 0.2) is 0 Å². The van der Waals surface area contributed by atoms with Gasteiger partial charge in [0, 0.05) is 35.4 Å². The van der Waals surface area contributed by atoms with E-state index in [-0.39, 0.29) is 11.8 Å². The van der Waals surface area contributed by atoms with E-state index >= 15 is 0 Å². The van der Waals surface area contributed by atoms with Gasteiger partial charge in [-0.2, -0.15) is 0 Å². The standard InChI is InChI=1S/C15H17BrN2O2/c16-12-4-6-13(7-5-12)17-14(19)8-9-15(20)18-10-2-1-3-11-18/h4-9H,1-3,10-11H2,(H,17,19). The Kier molecular flexibility index (Phi) is 5.35. The van der Waals surface area contributed by atoms with Crippen LogP contribution >= 0.6 is 15.9 Å². The molecule has 2 amide bonds. The number of hydrogen-bond donors (Lipinski definition) is 1. The maximum atomic E-state index is 11.9. The molecule has 5 heteroatoms. The third-order valence-corrected chi connectivity index (χ3v) is 3.69. The van der Waals surface area contributed by atoms with Gasteiger partial charge in [0.05, 0.1) is 0 Å². The van der Waals surface area contributed by atoms with Crippen molar-refractivity contribution >= 4 is 33.4 Å². The summed E-state index contributed by atoms with van der Waals surface area (Å²) in [5, 5.41) is 2.71. The molecule has 1 aliphatic heterocycles. The number of piperidine rings is 1. The average molecular weight is 337 g/mol. The van der Waals surface area contributed by atoms with Crippen LogP contribution in [0.2, 0.25) is 0 Å². The first-order chi connectivity index (χ1) is 9.65. The number of nitrogens with one attached hydrogen (secondary N) is 1. The van der Waals surface area contributed by atoms with Crippen LogP contribution in [0.5, 0.6) is 0 Å². The van der Waals surface area contributed by atoms with Gasteiger partial charge in [0.2, 0.25) is 11.8 Å². The summed E-state index contributed by atoms with van der Waals surface area (Å²) in [6, 6.07) is 7.28.